The normalized spacial score (nSPS) is 12.1. The third-order valence-electron chi connectivity index (χ3n) is 2.65. The second-order valence-corrected chi connectivity index (χ2v) is 6.64. The van der Waals surface area contributed by atoms with Crippen molar-refractivity contribution < 1.29 is 4.79 Å². The van der Waals surface area contributed by atoms with Crippen molar-refractivity contribution in [2.24, 2.45) is 11.3 Å². The lowest BCUT2D eigenvalue weighted by Crippen LogP contribution is -2.46. The molecular formula is C14H24N4O. The number of nitrogens with two attached hydrogens (primary N) is 1. The van der Waals surface area contributed by atoms with E-state index in [0.29, 0.717) is 11.3 Å². The number of aromatic nitrogens is 1. The molecule has 1 heterocycles. The van der Waals surface area contributed by atoms with Crippen LogP contribution in [0.4, 0.5) is 5.69 Å². The van der Waals surface area contributed by atoms with Gasteiger partial charge in [-0.25, -0.2) is 0 Å². The van der Waals surface area contributed by atoms with E-state index in [1.165, 1.54) is 6.20 Å². The van der Waals surface area contributed by atoms with E-state index in [0.717, 1.165) is 6.42 Å². The smallest absolute Gasteiger partial charge is 0.255 e. The summed E-state index contributed by atoms with van der Waals surface area (Å²) in [5, 5.41) is 3.03. The first-order chi connectivity index (χ1) is 8.64. The maximum atomic E-state index is 12.3. The van der Waals surface area contributed by atoms with Gasteiger partial charge in [-0.05, 0) is 31.7 Å². The average Bonchev–Trinajstić information content (AvgIpc) is 2.24. The first kappa shape index (κ1) is 15.4. The highest BCUT2D eigenvalue weighted by molar-refractivity contribution is 5.99. The Bertz CT molecular complexity index is 449. The van der Waals surface area contributed by atoms with E-state index in [-0.39, 0.29) is 16.9 Å². The zero-order valence-corrected chi connectivity index (χ0v) is 12.4. The number of rotatable bonds is 4. The molecule has 4 N–H and O–H groups in total. The molecular weight excluding hydrogens is 240 g/mol. The van der Waals surface area contributed by atoms with Crippen molar-refractivity contribution in [1.29, 1.82) is 0 Å². The molecule has 0 aliphatic heterocycles. The Kier molecular flexibility index (Phi) is 4.52. The molecule has 0 radical (unpaired) electrons. The molecule has 0 spiro atoms. The lowest BCUT2D eigenvalue weighted by Gasteiger charge is -2.33. The fraction of sp³-hybridized carbons (Fsp3) is 0.571. The number of carbonyl (C=O) groups excluding carboxylic acids is 1. The summed E-state index contributed by atoms with van der Waals surface area (Å²) in [5.41, 5.74) is 3.37. The van der Waals surface area contributed by atoms with Crippen molar-refractivity contribution in [2.45, 2.75) is 46.6 Å². The number of nitrogens with one attached hydrogen (secondary N) is 2. The number of amides is 1. The monoisotopic (exact) mass is 264 g/mol. The number of nitrogens with zero attached hydrogens (tertiary/aromatic N) is 1. The van der Waals surface area contributed by atoms with Crippen molar-refractivity contribution in [3.8, 4) is 0 Å². The van der Waals surface area contributed by atoms with Crippen LogP contribution < -0.4 is 16.6 Å². The SMILES string of the molecule is CC(C)(C)CC(C)(C)NC(=O)c1cnccc1NN. The molecule has 0 aromatic carbocycles. The fourth-order valence-electron chi connectivity index (χ4n) is 2.45. The van der Waals surface area contributed by atoms with E-state index in [1.807, 2.05) is 13.8 Å². The van der Waals surface area contributed by atoms with Crippen molar-refractivity contribution >= 4 is 11.6 Å². The number of anilines is 1. The average molecular weight is 264 g/mol. The summed E-state index contributed by atoms with van der Waals surface area (Å²) in [6.45, 7) is 10.5. The van der Waals surface area contributed by atoms with Crippen LogP contribution in [0.1, 0.15) is 51.4 Å². The number of pyridine rings is 1. The van der Waals surface area contributed by atoms with E-state index in [9.17, 15) is 4.79 Å². The van der Waals surface area contributed by atoms with Gasteiger partial charge in [0.1, 0.15) is 0 Å². The van der Waals surface area contributed by atoms with Gasteiger partial charge in [-0.15, -0.1) is 0 Å². The van der Waals surface area contributed by atoms with Gasteiger partial charge in [-0.3, -0.25) is 15.6 Å². The molecule has 5 heteroatoms. The van der Waals surface area contributed by atoms with Gasteiger partial charge in [-0.1, -0.05) is 20.8 Å². The standard InChI is InChI=1S/C14H24N4O/c1-13(2,3)9-14(4,5)17-12(19)10-8-16-7-6-11(10)18-15/h6-8H,9,15H2,1-5H3,(H,16,18)(H,17,19). The third-order valence-corrected chi connectivity index (χ3v) is 2.65. The summed E-state index contributed by atoms with van der Waals surface area (Å²) in [5.74, 6) is 5.23. The topological polar surface area (TPSA) is 80.0 Å². The minimum atomic E-state index is -0.295. The lowest BCUT2D eigenvalue weighted by molar-refractivity contribution is 0.0892. The van der Waals surface area contributed by atoms with Gasteiger partial charge in [-0.2, -0.15) is 0 Å². The second-order valence-electron chi connectivity index (χ2n) is 6.64. The van der Waals surface area contributed by atoms with Gasteiger partial charge in [0, 0.05) is 17.9 Å². The minimum absolute atomic E-state index is 0.140. The molecule has 0 atom stereocenters. The molecule has 0 unspecified atom stereocenters. The highest BCUT2D eigenvalue weighted by Gasteiger charge is 2.28. The van der Waals surface area contributed by atoms with Gasteiger partial charge < -0.3 is 10.7 Å². The summed E-state index contributed by atoms with van der Waals surface area (Å²) < 4.78 is 0. The molecule has 0 saturated carbocycles. The number of nitrogen functional groups attached to an aromatic ring is 1. The number of hydrogen-bond donors (Lipinski definition) is 3. The maximum absolute atomic E-state index is 12.3. The van der Waals surface area contributed by atoms with E-state index in [1.54, 1.807) is 12.3 Å². The van der Waals surface area contributed by atoms with Crippen LogP contribution in [-0.4, -0.2) is 16.4 Å². The Balaban J connectivity index is 2.85. The molecule has 0 saturated heterocycles. The first-order valence-electron chi connectivity index (χ1n) is 6.38. The van der Waals surface area contributed by atoms with Crippen molar-refractivity contribution in [3.05, 3.63) is 24.0 Å². The van der Waals surface area contributed by atoms with Crippen LogP contribution in [0.15, 0.2) is 18.5 Å². The van der Waals surface area contributed by atoms with Crippen LogP contribution in [0.5, 0.6) is 0 Å². The minimum Gasteiger partial charge on any atom is -0.347 e. The van der Waals surface area contributed by atoms with E-state index in [2.05, 4.69) is 36.5 Å². The molecule has 1 rings (SSSR count). The van der Waals surface area contributed by atoms with E-state index < -0.39 is 0 Å². The Morgan fingerprint density at radius 1 is 1.32 bits per heavy atom. The zero-order chi connectivity index (χ0) is 14.7. The second kappa shape index (κ2) is 5.57. The quantitative estimate of drug-likeness (QED) is 0.576. The summed E-state index contributed by atoms with van der Waals surface area (Å²) in [4.78, 5) is 16.2. The molecule has 1 amide bonds. The molecule has 0 bridgehead atoms. The number of carbonyl (C=O) groups is 1. The molecule has 0 fully saturated rings. The fourth-order valence-corrected chi connectivity index (χ4v) is 2.45. The van der Waals surface area contributed by atoms with Crippen LogP contribution in [0, 0.1) is 5.41 Å². The Morgan fingerprint density at radius 2 is 1.95 bits per heavy atom. The number of hydrogen-bond acceptors (Lipinski definition) is 4. The molecule has 5 nitrogen and oxygen atoms in total. The molecule has 19 heavy (non-hydrogen) atoms. The van der Waals surface area contributed by atoms with Gasteiger partial charge >= 0.3 is 0 Å². The number of hydrazine groups is 1. The molecule has 1 aromatic heterocycles. The van der Waals surface area contributed by atoms with E-state index in [4.69, 9.17) is 5.84 Å². The highest BCUT2D eigenvalue weighted by atomic mass is 16.1. The van der Waals surface area contributed by atoms with Crippen LogP contribution in [-0.2, 0) is 0 Å². The van der Waals surface area contributed by atoms with Crippen LogP contribution in [0.3, 0.4) is 0 Å². The zero-order valence-electron chi connectivity index (χ0n) is 12.4. The summed E-state index contributed by atoms with van der Waals surface area (Å²) in [7, 11) is 0. The van der Waals surface area contributed by atoms with Crippen LogP contribution >= 0.6 is 0 Å². The predicted octanol–water partition coefficient (Wildman–Crippen LogP) is 2.31. The van der Waals surface area contributed by atoms with Crippen molar-refractivity contribution in [1.82, 2.24) is 10.3 Å². The summed E-state index contributed by atoms with van der Waals surface area (Å²) in [6.07, 6.45) is 3.97. The highest BCUT2D eigenvalue weighted by Crippen LogP contribution is 2.27. The maximum Gasteiger partial charge on any atom is 0.255 e. The van der Waals surface area contributed by atoms with Crippen molar-refractivity contribution in [3.63, 3.8) is 0 Å². The van der Waals surface area contributed by atoms with Crippen LogP contribution in [0.2, 0.25) is 0 Å². The predicted molar refractivity (Wildman–Crippen MR) is 77.7 cm³/mol. The van der Waals surface area contributed by atoms with Crippen LogP contribution in [0.25, 0.3) is 0 Å². The first-order valence-corrected chi connectivity index (χ1v) is 6.38. The summed E-state index contributed by atoms with van der Waals surface area (Å²) >= 11 is 0. The van der Waals surface area contributed by atoms with Crippen molar-refractivity contribution in [2.75, 3.05) is 5.43 Å². The molecule has 0 aliphatic carbocycles. The molecule has 106 valence electrons. The Labute approximate surface area is 115 Å². The molecule has 0 aliphatic rings. The van der Waals surface area contributed by atoms with Gasteiger partial charge in [0.2, 0.25) is 0 Å². The Morgan fingerprint density at radius 3 is 2.47 bits per heavy atom. The summed E-state index contributed by atoms with van der Waals surface area (Å²) in [6, 6.07) is 1.67. The van der Waals surface area contributed by atoms with Gasteiger partial charge in [0.15, 0.2) is 0 Å². The largest absolute Gasteiger partial charge is 0.347 e. The Hall–Kier alpha value is -1.62. The van der Waals surface area contributed by atoms with Gasteiger partial charge in [0.25, 0.3) is 5.91 Å². The lowest BCUT2D eigenvalue weighted by atomic mass is 9.81. The molecule has 1 aromatic rings. The van der Waals surface area contributed by atoms with Gasteiger partial charge in [0.05, 0.1) is 11.3 Å². The third kappa shape index (κ3) is 4.87. The van der Waals surface area contributed by atoms with E-state index >= 15 is 0 Å².